The molecule has 6 nitrogen and oxygen atoms in total. The highest BCUT2D eigenvalue weighted by atomic mass is 32.2. The molecule has 1 amide bonds. The summed E-state index contributed by atoms with van der Waals surface area (Å²) in [6.45, 7) is 1.81. The van der Waals surface area contributed by atoms with E-state index in [1.165, 1.54) is 6.26 Å². The third-order valence-corrected chi connectivity index (χ3v) is 7.85. The van der Waals surface area contributed by atoms with Crippen molar-refractivity contribution in [3.63, 3.8) is 0 Å². The number of anilines is 1. The van der Waals surface area contributed by atoms with E-state index in [9.17, 15) is 18.0 Å². The third kappa shape index (κ3) is 6.62. The van der Waals surface area contributed by atoms with Gasteiger partial charge in [-0.15, -0.1) is 0 Å². The molecule has 0 aliphatic heterocycles. The first-order valence-electron chi connectivity index (χ1n) is 12.6. The Bertz CT molecular complexity index is 1580. The van der Waals surface area contributed by atoms with E-state index in [0.29, 0.717) is 11.1 Å². The van der Waals surface area contributed by atoms with Crippen LogP contribution in [0.25, 0.3) is 0 Å². The molecule has 0 spiro atoms. The van der Waals surface area contributed by atoms with E-state index in [4.69, 9.17) is 0 Å². The van der Waals surface area contributed by atoms with Crippen molar-refractivity contribution in [3.8, 4) is 0 Å². The van der Waals surface area contributed by atoms with Crippen LogP contribution in [0.4, 0.5) is 5.69 Å². The Kier molecular flexibility index (Phi) is 8.31. The highest BCUT2D eigenvalue weighted by Gasteiger charge is 2.23. The molecule has 0 saturated carbocycles. The second-order valence-electron chi connectivity index (χ2n) is 9.81. The standard InChI is InChI=1S/C32H32N2O4S/c1-22(25-12-8-14-27(20-25)31(35)24-10-6-5-7-11-24)32(36)33-30(26-13-9-15-28(21-26)34(2)3)23-16-18-29(19-17-23)39(4,37)38/h5-22,30H,1-4H3,(H,33,36). The van der Waals surface area contributed by atoms with Crippen LogP contribution in [0.3, 0.4) is 0 Å². The molecule has 0 heterocycles. The Labute approximate surface area is 230 Å². The zero-order chi connectivity index (χ0) is 28.2. The summed E-state index contributed by atoms with van der Waals surface area (Å²) >= 11 is 0. The summed E-state index contributed by atoms with van der Waals surface area (Å²) < 4.78 is 24.0. The number of carbonyl (C=O) groups is 2. The molecule has 4 aromatic carbocycles. The zero-order valence-electron chi connectivity index (χ0n) is 22.5. The van der Waals surface area contributed by atoms with Gasteiger partial charge in [-0.2, -0.15) is 0 Å². The average molecular weight is 541 g/mol. The van der Waals surface area contributed by atoms with E-state index < -0.39 is 21.8 Å². The monoisotopic (exact) mass is 540 g/mol. The molecule has 0 aliphatic rings. The van der Waals surface area contributed by atoms with Crippen LogP contribution in [0.5, 0.6) is 0 Å². The molecule has 0 fully saturated rings. The summed E-state index contributed by atoms with van der Waals surface area (Å²) in [6, 6.07) is 30.1. The molecule has 0 bridgehead atoms. The Morgan fingerprint density at radius 2 is 1.33 bits per heavy atom. The molecule has 0 radical (unpaired) electrons. The summed E-state index contributed by atoms with van der Waals surface area (Å²) in [5, 5.41) is 3.16. The maximum absolute atomic E-state index is 13.6. The van der Waals surface area contributed by atoms with E-state index in [2.05, 4.69) is 5.32 Å². The van der Waals surface area contributed by atoms with Crippen LogP contribution in [0, 0.1) is 0 Å². The van der Waals surface area contributed by atoms with Crippen molar-refractivity contribution in [1.82, 2.24) is 5.32 Å². The van der Waals surface area contributed by atoms with Crippen LogP contribution in [0.2, 0.25) is 0 Å². The molecule has 7 heteroatoms. The average Bonchev–Trinajstić information content (AvgIpc) is 2.95. The van der Waals surface area contributed by atoms with Crippen LogP contribution in [-0.2, 0) is 14.6 Å². The quantitative estimate of drug-likeness (QED) is 0.288. The fraction of sp³-hybridized carbons (Fsp3) is 0.188. The van der Waals surface area contributed by atoms with Crippen molar-refractivity contribution in [3.05, 3.63) is 131 Å². The minimum atomic E-state index is -3.35. The van der Waals surface area contributed by atoms with E-state index in [-0.39, 0.29) is 16.6 Å². The predicted molar refractivity (Wildman–Crippen MR) is 155 cm³/mol. The molecule has 2 unspecified atom stereocenters. The van der Waals surface area contributed by atoms with Crippen LogP contribution >= 0.6 is 0 Å². The Hall–Kier alpha value is -4.23. The van der Waals surface area contributed by atoms with Gasteiger partial charge in [-0.1, -0.05) is 72.8 Å². The minimum absolute atomic E-state index is 0.102. The number of sulfone groups is 1. The van der Waals surface area contributed by atoms with Gasteiger partial charge < -0.3 is 10.2 Å². The Morgan fingerprint density at radius 1 is 0.718 bits per heavy atom. The maximum Gasteiger partial charge on any atom is 0.228 e. The summed E-state index contributed by atoms with van der Waals surface area (Å²) in [4.78, 5) is 28.8. The van der Waals surface area contributed by atoms with Gasteiger partial charge in [0.2, 0.25) is 5.91 Å². The fourth-order valence-electron chi connectivity index (χ4n) is 4.37. The van der Waals surface area contributed by atoms with Gasteiger partial charge in [0, 0.05) is 37.2 Å². The first-order valence-corrected chi connectivity index (χ1v) is 14.5. The first-order chi connectivity index (χ1) is 18.5. The van der Waals surface area contributed by atoms with Gasteiger partial charge >= 0.3 is 0 Å². The van der Waals surface area contributed by atoms with Crippen molar-refractivity contribution in [2.24, 2.45) is 0 Å². The van der Waals surface area contributed by atoms with Gasteiger partial charge in [0.25, 0.3) is 0 Å². The van der Waals surface area contributed by atoms with Crippen LogP contribution < -0.4 is 10.2 Å². The molecular weight excluding hydrogens is 508 g/mol. The largest absolute Gasteiger partial charge is 0.378 e. The van der Waals surface area contributed by atoms with Gasteiger partial charge in [-0.3, -0.25) is 9.59 Å². The maximum atomic E-state index is 13.6. The zero-order valence-corrected chi connectivity index (χ0v) is 23.3. The number of amides is 1. The van der Waals surface area contributed by atoms with Gasteiger partial charge in [0.1, 0.15) is 0 Å². The van der Waals surface area contributed by atoms with Crippen LogP contribution in [-0.4, -0.2) is 40.5 Å². The molecule has 4 aromatic rings. The smallest absolute Gasteiger partial charge is 0.228 e. The van der Waals surface area contributed by atoms with Gasteiger partial charge in [0.05, 0.1) is 16.9 Å². The van der Waals surface area contributed by atoms with Crippen molar-refractivity contribution < 1.29 is 18.0 Å². The molecule has 1 N–H and O–H groups in total. The number of nitrogens with zero attached hydrogens (tertiary/aromatic N) is 1. The lowest BCUT2D eigenvalue weighted by molar-refractivity contribution is -0.122. The van der Waals surface area contributed by atoms with Crippen molar-refractivity contribution in [2.75, 3.05) is 25.3 Å². The summed E-state index contributed by atoms with van der Waals surface area (Å²) in [5.41, 5.74) is 4.42. The second kappa shape index (κ2) is 11.7. The lowest BCUT2D eigenvalue weighted by atomic mass is 9.93. The minimum Gasteiger partial charge on any atom is -0.378 e. The number of hydrogen-bond acceptors (Lipinski definition) is 5. The Morgan fingerprint density at radius 3 is 1.97 bits per heavy atom. The van der Waals surface area contributed by atoms with E-state index in [0.717, 1.165) is 22.4 Å². The molecule has 0 aliphatic carbocycles. The van der Waals surface area contributed by atoms with Crippen molar-refractivity contribution in [2.45, 2.75) is 23.8 Å². The normalized spacial score (nSPS) is 12.8. The number of carbonyl (C=O) groups excluding carboxylic acids is 2. The number of rotatable bonds is 9. The lowest BCUT2D eigenvalue weighted by Gasteiger charge is -2.24. The second-order valence-corrected chi connectivity index (χ2v) is 11.8. The van der Waals surface area contributed by atoms with Crippen molar-refractivity contribution >= 4 is 27.2 Å². The molecule has 2 atom stereocenters. The van der Waals surface area contributed by atoms with Gasteiger partial charge in [-0.25, -0.2) is 8.42 Å². The van der Waals surface area contributed by atoms with E-state index in [1.54, 1.807) is 54.6 Å². The lowest BCUT2D eigenvalue weighted by Crippen LogP contribution is -2.33. The van der Waals surface area contributed by atoms with E-state index >= 15 is 0 Å². The topological polar surface area (TPSA) is 83.6 Å². The molecule has 200 valence electrons. The molecule has 0 saturated heterocycles. The van der Waals surface area contributed by atoms with Gasteiger partial charge in [-0.05, 0) is 53.9 Å². The molecule has 4 rings (SSSR count). The highest BCUT2D eigenvalue weighted by molar-refractivity contribution is 7.90. The van der Waals surface area contributed by atoms with Gasteiger partial charge in [0.15, 0.2) is 15.6 Å². The summed E-state index contributed by atoms with van der Waals surface area (Å²) in [6.07, 6.45) is 1.17. The number of hydrogen-bond donors (Lipinski definition) is 1. The molecule has 39 heavy (non-hydrogen) atoms. The first kappa shape index (κ1) is 27.8. The fourth-order valence-corrected chi connectivity index (χ4v) is 5.00. The third-order valence-electron chi connectivity index (χ3n) is 6.73. The van der Waals surface area contributed by atoms with Crippen LogP contribution in [0.1, 0.15) is 51.5 Å². The van der Waals surface area contributed by atoms with Crippen LogP contribution in [0.15, 0.2) is 108 Å². The SMILES string of the molecule is CC(C(=O)NC(c1ccc(S(C)(=O)=O)cc1)c1cccc(N(C)C)c1)c1cccc(C(=O)c2ccccc2)c1. The number of nitrogens with one attached hydrogen (secondary N) is 1. The predicted octanol–water partition coefficient (Wildman–Crippen LogP) is 5.40. The molecular formula is C32H32N2O4S. The summed E-state index contributed by atoms with van der Waals surface area (Å²) in [5.74, 6) is -0.857. The number of benzene rings is 4. The molecule has 0 aromatic heterocycles. The van der Waals surface area contributed by atoms with Crippen molar-refractivity contribution in [1.29, 1.82) is 0 Å². The Balaban J connectivity index is 1.65. The summed E-state index contributed by atoms with van der Waals surface area (Å²) in [7, 11) is 0.534. The highest BCUT2D eigenvalue weighted by Crippen LogP contribution is 2.28. The number of ketones is 1. The van der Waals surface area contributed by atoms with E-state index in [1.807, 2.05) is 74.4 Å².